The average Bonchev–Trinajstić information content (AvgIpc) is 2.63. The van der Waals surface area contributed by atoms with E-state index in [9.17, 15) is 13.2 Å². The minimum absolute atomic E-state index is 0.0808. The summed E-state index contributed by atoms with van der Waals surface area (Å²) in [7, 11) is -0.963. The minimum Gasteiger partial charge on any atom is -0.497 e. The van der Waals surface area contributed by atoms with Gasteiger partial charge in [-0.25, -0.2) is 8.42 Å². The number of Topliss-reactive ketones (excluding diaryl/α,β-unsaturated/α-hetero) is 1. The number of benzene rings is 2. The van der Waals surface area contributed by atoms with Gasteiger partial charge < -0.3 is 9.47 Å². The number of carbonyl (C=O) groups is 1. The highest BCUT2D eigenvalue weighted by Crippen LogP contribution is 2.37. The molecule has 26 heavy (non-hydrogen) atoms. The smallest absolute Gasteiger partial charge is 0.268 e. The number of fused-ring (bicyclic) bond motifs is 1. The highest BCUT2D eigenvalue weighted by Gasteiger charge is 2.34. The third kappa shape index (κ3) is 2.92. The lowest BCUT2D eigenvalue weighted by atomic mass is 10.0. The first kappa shape index (κ1) is 18.3. The lowest BCUT2D eigenvalue weighted by molar-refractivity contribution is 0.0982. The summed E-state index contributed by atoms with van der Waals surface area (Å²) in [5.74, 6) is 0.696. The standard InChI is InChI=1S/C19H21NO5S/c1-12-9-18(25-4)19(10-13(12)2)26(22,23)20-8-7-17(21)15-6-5-14(24-3)11-16(15)20/h5-6,9-11H,7-8H2,1-4H3. The molecule has 0 bridgehead atoms. The van der Waals surface area contributed by atoms with E-state index in [2.05, 4.69) is 0 Å². The molecule has 138 valence electrons. The molecule has 0 amide bonds. The number of carbonyl (C=O) groups excluding carboxylic acids is 1. The van der Waals surface area contributed by atoms with Crippen LogP contribution in [-0.2, 0) is 10.0 Å². The summed E-state index contributed by atoms with van der Waals surface area (Å²) in [6, 6.07) is 8.17. The number of anilines is 1. The summed E-state index contributed by atoms with van der Waals surface area (Å²) >= 11 is 0. The fraction of sp³-hybridized carbons (Fsp3) is 0.316. The van der Waals surface area contributed by atoms with Crippen LogP contribution in [0.25, 0.3) is 0 Å². The van der Waals surface area contributed by atoms with Gasteiger partial charge in [0.25, 0.3) is 10.0 Å². The van der Waals surface area contributed by atoms with Crippen LogP contribution in [0.3, 0.4) is 0 Å². The van der Waals surface area contributed by atoms with Gasteiger partial charge in [0.2, 0.25) is 0 Å². The monoisotopic (exact) mass is 375 g/mol. The molecule has 7 heteroatoms. The first-order valence-electron chi connectivity index (χ1n) is 8.19. The van der Waals surface area contributed by atoms with E-state index >= 15 is 0 Å². The van der Waals surface area contributed by atoms with Gasteiger partial charge in [-0.05, 0) is 49.2 Å². The molecule has 0 atom stereocenters. The van der Waals surface area contributed by atoms with Crippen molar-refractivity contribution in [2.24, 2.45) is 0 Å². The Labute approximate surface area is 153 Å². The van der Waals surface area contributed by atoms with Crippen molar-refractivity contribution in [2.45, 2.75) is 25.2 Å². The van der Waals surface area contributed by atoms with E-state index in [1.807, 2.05) is 13.8 Å². The SMILES string of the molecule is COc1ccc2c(c1)N(S(=O)(=O)c1cc(C)c(C)cc1OC)CCC2=O. The second kappa shape index (κ2) is 6.64. The van der Waals surface area contributed by atoms with Crippen molar-refractivity contribution < 1.29 is 22.7 Å². The number of nitrogens with zero attached hydrogens (tertiary/aromatic N) is 1. The predicted octanol–water partition coefficient (Wildman–Crippen LogP) is 3.10. The van der Waals surface area contributed by atoms with Gasteiger partial charge in [-0.1, -0.05) is 0 Å². The lowest BCUT2D eigenvalue weighted by Crippen LogP contribution is -2.37. The maximum Gasteiger partial charge on any atom is 0.268 e. The Hall–Kier alpha value is -2.54. The zero-order chi connectivity index (χ0) is 19.1. The number of sulfonamides is 1. The quantitative estimate of drug-likeness (QED) is 0.821. The van der Waals surface area contributed by atoms with Gasteiger partial charge in [0.05, 0.1) is 19.9 Å². The molecule has 0 N–H and O–H groups in total. The Morgan fingerprint density at radius 1 is 1.00 bits per heavy atom. The summed E-state index contributed by atoms with van der Waals surface area (Å²) in [5, 5.41) is 0. The van der Waals surface area contributed by atoms with Crippen molar-refractivity contribution in [2.75, 3.05) is 25.1 Å². The van der Waals surface area contributed by atoms with Crippen LogP contribution < -0.4 is 13.8 Å². The molecule has 3 rings (SSSR count). The van der Waals surface area contributed by atoms with Crippen molar-refractivity contribution >= 4 is 21.5 Å². The number of hydrogen-bond donors (Lipinski definition) is 0. The first-order chi connectivity index (χ1) is 12.3. The van der Waals surface area contributed by atoms with Crippen molar-refractivity contribution in [1.29, 1.82) is 0 Å². The van der Waals surface area contributed by atoms with Crippen molar-refractivity contribution in [3.63, 3.8) is 0 Å². The van der Waals surface area contributed by atoms with Gasteiger partial charge in [0.15, 0.2) is 5.78 Å². The Morgan fingerprint density at radius 2 is 1.69 bits per heavy atom. The van der Waals surface area contributed by atoms with E-state index in [0.717, 1.165) is 11.1 Å². The van der Waals surface area contributed by atoms with Crippen molar-refractivity contribution in [3.8, 4) is 11.5 Å². The summed E-state index contributed by atoms with van der Waals surface area (Å²) in [6.45, 7) is 3.83. The van der Waals surface area contributed by atoms with Crippen LogP contribution in [0.2, 0.25) is 0 Å². The number of ketones is 1. The Kier molecular flexibility index (Phi) is 4.66. The Balaban J connectivity index is 2.20. The fourth-order valence-corrected chi connectivity index (χ4v) is 4.73. The summed E-state index contributed by atoms with van der Waals surface area (Å²) in [6.07, 6.45) is 0.131. The molecule has 0 fully saturated rings. The van der Waals surface area contributed by atoms with Gasteiger partial charge in [0.1, 0.15) is 16.4 Å². The molecule has 1 heterocycles. The zero-order valence-electron chi connectivity index (χ0n) is 15.2. The molecule has 0 aromatic heterocycles. The van der Waals surface area contributed by atoms with Crippen LogP contribution in [-0.4, -0.2) is 35.0 Å². The maximum atomic E-state index is 13.4. The van der Waals surface area contributed by atoms with Crippen LogP contribution in [0.4, 0.5) is 5.69 Å². The highest BCUT2D eigenvalue weighted by molar-refractivity contribution is 7.93. The highest BCUT2D eigenvalue weighted by atomic mass is 32.2. The molecular weight excluding hydrogens is 354 g/mol. The molecule has 0 saturated carbocycles. The third-order valence-corrected chi connectivity index (χ3v) is 6.50. The van der Waals surface area contributed by atoms with Crippen LogP contribution in [0.15, 0.2) is 35.2 Å². The van der Waals surface area contributed by atoms with E-state index < -0.39 is 10.0 Å². The number of methoxy groups -OCH3 is 2. The number of aryl methyl sites for hydroxylation is 2. The Bertz CT molecular complexity index is 982. The minimum atomic E-state index is -3.91. The molecule has 0 aliphatic carbocycles. The summed E-state index contributed by atoms with van der Waals surface area (Å²) in [4.78, 5) is 12.3. The summed E-state index contributed by atoms with van der Waals surface area (Å²) < 4.78 is 38.6. The second-order valence-corrected chi connectivity index (χ2v) is 8.05. The zero-order valence-corrected chi connectivity index (χ0v) is 16.0. The van der Waals surface area contributed by atoms with Crippen LogP contribution in [0.1, 0.15) is 27.9 Å². The van der Waals surface area contributed by atoms with Crippen LogP contribution >= 0.6 is 0 Å². The van der Waals surface area contributed by atoms with Gasteiger partial charge in [-0.2, -0.15) is 0 Å². The number of ether oxygens (including phenoxy) is 2. The first-order valence-corrected chi connectivity index (χ1v) is 9.63. The Morgan fingerprint density at radius 3 is 2.35 bits per heavy atom. The second-order valence-electron chi connectivity index (χ2n) is 6.22. The van der Waals surface area contributed by atoms with Gasteiger partial charge in [-0.3, -0.25) is 9.10 Å². The fourth-order valence-electron chi connectivity index (χ4n) is 3.03. The number of hydrogen-bond acceptors (Lipinski definition) is 5. The molecule has 0 spiro atoms. The maximum absolute atomic E-state index is 13.4. The van der Waals surface area contributed by atoms with E-state index in [1.54, 1.807) is 30.3 Å². The summed E-state index contributed by atoms with van der Waals surface area (Å²) in [5.41, 5.74) is 2.50. The average molecular weight is 375 g/mol. The number of rotatable bonds is 4. The van der Waals surface area contributed by atoms with Crippen LogP contribution in [0, 0.1) is 13.8 Å². The largest absolute Gasteiger partial charge is 0.497 e. The van der Waals surface area contributed by atoms with Gasteiger partial charge >= 0.3 is 0 Å². The molecule has 0 saturated heterocycles. The third-order valence-electron chi connectivity index (χ3n) is 4.66. The molecule has 1 aliphatic rings. The molecule has 2 aromatic carbocycles. The van der Waals surface area contributed by atoms with Gasteiger partial charge in [0, 0.05) is 24.6 Å². The molecule has 0 radical (unpaired) electrons. The van der Waals surface area contributed by atoms with Crippen molar-refractivity contribution in [3.05, 3.63) is 47.0 Å². The van der Waals surface area contributed by atoms with E-state index in [4.69, 9.17) is 9.47 Å². The molecule has 0 unspecified atom stereocenters. The lowest BCUT2D eigenvalue weighted by Gasteiger charge is -2.30. The molecule has 6 nitrogen and oxygen atoms in total. The van der Waals surface area contributed by atoms with E-state index in [-0.39, 0.29) is 29.4 Å². The molecule has 1 aliphatic heterocycles. The van der Waals surface area contributed by atoms with Crippen LogP contribution in [0.5, 0.6) is 11.5 Å². The van der Waals surface area contributed by atoms with E-state index in [1.165, 1.54) is 18.5 Å². The van der Waals surface area contributed by atoms with Crippen molar-refractivity contribution in [1.82, 2.24) is 0 Å². The predicted molar refractivity (Wildman–Crippen MR) is 98.9 cm³/mol. The molecular formula is C19H21NO5S. The van der Waals surface area contributed by atoms with Gasteiger partial charge in [-0.15, -0.1) is 0 Å². The topological polar surface area (TPSA) is 72.9 Å². The van der Waals surface area contributed by atoms with E-state index in [0.29, 0.717) is 17.0 Å². The normalized spacial score (nSPS) is 14.2. The molecule has 2 aromatic rings.